The lowest BCUT2D eigenvalue weighted by molar-refractivity contribution is 0.684. The minimum atomic E-state index is 0.795. The van der Waals surface area contributed by atoms with Crippen molar-refractivity contribution in [1.29, 1.82) is 0 Å². The van der Waals surface area contributed by atoms with E-state index >= 15 is 0 Å². The van der Waals surface area contributed by atoms with E-state index in [0.29, 0.717) is 0 Å². The van der Waals surface area contributed by atoms with E-state index in [4.69, 9.17) is 0 Å². The first-order chi connectivity index (χ1) is 8.27. The van der Waals surface area contributed by atoms with E-state index < -0.39 is 0 Å². The van der Waals surface area contributed by atoms with Crippen LogP contribution in [0.15, 0.2) is 12.1 Å². The van der Waals surface area contributed by atoms with Crippen LogP contribution in [0.4, 0.5) is 5.82 Å². The van der Waals surface area contributed by atoms with Gasteiger partial charge in [0, 0.05) is 20.1 Å². The lowest BCUT2D eigenvalue weighted by Gasteiger charge is -2.17. The molecule has 1 heterocycles. The topological polar surface area (TPSA) is 41.0 Å². The van der Waals surface area contributed by atoms with Crippen LogP contribution in [0.3, 0.4) is 0 Å². The second kappa shape index (κ2) is 8.01. The molecule has 0 fully saturated rings. The summed E-state index contributed by atoms with van der Waals surface area (Å²) in [5, 5.41) is 11.7. The van der Waals surface area contributed by atoms with E-state index in [1.165, 1.54) is 19.3 Å². The van der Waals surface area contributed by atoms with E-state index in [1.807, 2.05) is 12.1 Å². The number of hydrogen-bond acceptors (Lipinski definition) is 4. The average molecular weight is 236 g/mol. The molecule has 96 valence electrons. The van der Waals surface area contributed by atoms with Crippen LogP contribution in [-0.4, -0.2) is 30.3 Å². The number of nitrogens with one attached hydrogen (secondary N) is 1. The molecule has 0 saturated carbocycles. The van der Waals surface area contributed by atoms with Gasteiger partial charge in [0.25, 0.3) is 0 Å². The third kappa shape index (κ3) is 5.13. The fourth-order valence-electron chi connectivity index (χ4n) is 1.62. The van der Waals surface area contributed by atoms with Crippen LogP contribution in [0.2, 0.25) is 0 Å². The van der Waals surface area contributed by atoms with Gasteiger partial charge in [-0.2, -0.15) is 5.10 Å². The number of nitrogens with zero attached hydrogens (tertiary/aromatic N) is 3. The second-order valence-electron chi connectivity index (χ2n) is 4.29. The predicted molar refractivity (Wildman–Crippen MR) is 72.2 cm³/mol. The third-order valence-electron chi connectivity index (χ3n) is 2.75. The Morgan fingerprint density at radius 2 is 2.00 bits per heavy atom. The molecule has 4 heteroatoms. The molecule has 4 nitrogen and oxygen atoms in total. The van der Waals surface area contributed by atoms with Gasteiger partial charge >= 0.3 is 0 Å². The SMILES string of the molecule is CCCCCN(C)c1ccc(CNCC)nn1. The summed E-state index contributed by atoms with van der Waals surface area (Å²) in [5.41, 5.74) is 0.998. The highest BCUT2D eigenvalue weighted by atomic mass is 15.2. The summed E-state index contributed by atoms with van der Waals surface area (Å²) in [7, 11) is 2.07. The van der Waals surface area contributed by atoms with Gasteiger partial charge in [0.15, 0.2) is 5.82 Å². The van der Waals surface area contributed by atoms with Crippen LogP contribution in [0, 0.1) is 0 Å². The third-order valence-corrected chi connectivity index (χ3v) is 2.75. The maximum atomic E-state index is 4.25. The highest BCUT2D eigenvalue weighted by Gasteiger charge is 2.02. The van der Waals surface area contributed by atoms with Crippen LogP contribution in [0.5, 0.6) is 0 Å². The molecule has 0 unspecified atom stereocenters. The molecule has 0 spiro atoms. The number of rotatable bonds is 8. The van der Waals surface area contributed by atoms with Crippen LogP contribution in [0.1, 0.15) is 38.8 Å². The summed E-state index contributed by atoms with van der Waals surface area (Å²) in [6.45, 7) is 7.11. The molecule has 1 aromatic heterocycles. The highest BCUT2D eigenvalue weighted by molar-refractivity contribution is 5.35. The van der Waals surface area contributed by atoms with Gasteiger partial charge in [-0.1, -0.05) is 26.7 Å². The van der Waals surface area contributed by atoms with Crippen molar-refractivity contribution >= 4 is 5.82 Å². The molecule has 0 aromatic carbocycles. The Balaban J connectivity index is 2.43. The van der Waals surface area contributed by atoms with Gasteiger partial charge in [0.05, 0.1) is 5.69 Å². The monoisotopic (exact) mass is 236 g/mol. The van der Waals surface area contributed by atoms with Gasteiger partial charge in [-0.25, -0.2) is 0 Å². The summed E-state index contributed by atoms with van der Waals surface area (Å²) in [5.74, 6) is 0.960. The summed E-state index contributed by atoms with van der Waals surface area (Å²) in [6, 6.07) is 4.09. The quantitative estimate of drug-likeness (QED) is 0.703. The molecule has 17 heavy (non-hydrogen) atoms. The Kier molecular flexibility index (Phi) is 6.55. The molecule has 0 atom stereocenters. The van der Waals surface area contributed by atoms with Crippen molar-refractivity contribution < 1.29 is 0 Å². The zero-order valence-electron chi connectivity index (χ0n) is 11.2. The summed E-state index contributed by atoms with van der Waals surface area (Å²) in [6.07, 6.45) is 3.74. The van der Waals surface area contributed by atoms with Crippen molar-refractivity contribution in [1.82, 2.24) is 15.5 Å². The molecule has 1 N–H and O–H groups in total. The number of unbranched alkanes of at least 4 members (excludes halogenated alkanes) is 2. The molecular weight excluding hydrogens is 212 g/mol. The molecule has 1 rings (SSSR count). The highest BCUT2D eigenvalue weighted by Crippen LogP contribution is 2.08. The molecule has 0 saturated heterocycles. The van der Waals surface area contributed by atoms with Crippen molar-refractivity contribution in [3.63, 3.8) is 0 Å². The van der Waals surface area contributed by atoms with Gasteiger partial charge < -0.3 is 10.2 Å². The Bertz CT molecular complexity index is 297. The number of anilines is 1. The Hall–Kier alpha value is -1.16. The fraction of sp³-hybridized carbons (Fsp3) is 0.692. The lowest BCUT2D eigenvalue weighted by Crippen LogP contribution is -2.20. The van der Waals surface area contributed by atoms with Gasteiger partial charge in [0.2, 0.25) is 0 Å². The predicted octanol–water partition coefficient (Wildman–Crippen LogP) is 2.21. The minimum absolute atomic E-state index is 0.795. The Morgan fingerprint density at radius 3 is 2.59 bits per heavy atom. The lowest BCUT2D eigenvalue weighted by atomic mass is 10.2. The van der Waals surface area contributed by atoms with E-state index in [-0.39, 0.29) is 0 Å². The first kappa shape index (κ1) is 13.9. The first-order valence-corrected chi connectivity index (χ1v) is 6.52. The molecular formula is C13H24N4. The number of aromatic nitrogens is 2. The van der Waals surface area contributed by atoms with E-state index in [1.54, 1.807) is 0 Å². The van der Waals surface area contributed by atoms with E-state index in [0.717, 1.165) is 31.1 Å². The number of hydrogen-bond donors (Lipinski definition) is 1. The standard InChI is InChI=1S/C13H24N4/c1-4-6-7-10-17(3)13-9-8-12(15-16-13)11-14-5-2/h8-9,14H,4-7,10-11H2,1-3H3. The Labute approximate surface area is 104 Å². The Morgan fingerprint density at radius 1 is 1.18 bits per heavy atom. The fourth-order valence-corrected chi connectivity index (χ4v) is 1.62. The summed E-state index contributed by atoms with van der Waals surface area (Å²) >= 11 is 0. The van der Waals surface area contributed by atoms with Crippen LogP contribution in [0.25, 0.3) is 0 Å². The smallest absolute Gasteiger partial charge is 0.150 e. The molecule has 0 aliphatic rings. The van der Waals surface area contributed by atoms with Crippen molar-refractivity contribution in [2.45, 2.75) is 39.7 Å². The zero-order valence-corrected chi connectivity index (χ0v) is 11.2. The maximum absolute atomic E-state index is 4.25. The van der Waals surface area contributed by atoms with Crippen molar-refractivity contribution in [3.05, 3.63) is 17.8 Å². The molecule has 0 radical (unpaired) electrons. The average Bonchev–Trinajstić information content (AvgIpc) is 2.37. The first-order valence-electron chi connectivity index (χ1n) is 6.52. The van der Waals surface area contributed by atoms with Gasteiger partial charge in [-0.05, 0) is 25.1 Å². The van der Waals surface area contributed by atoms with Crippen molar-refractivity contribution in [2.75, 3.05) is 25.0 Å². The molecule has 1 aromatic rings. The second-order valence-corrected chi connectivity index (χ2v) is 4.29. The molecule has 0 aliphatic carbocycles. The van der Waals surface area contributed by atoms with E-state index in [9.17, 15) is 0 Å². The summed E-state index contributed by atoms with van der Waals surface area (Å²) < 4.78 is 0. The van der Waals surface area contributed by atoms with Gasteiger partial charge in [0.1, 0.15) is 0 Å². The molecule has 0 amide bonds. The van der Waals surface area contributed by atoms with E-state index in [2.05, 4.69) is 41.3 Å². The van der Waals surface area contributed by atoms with Gasteiger partial charge in [-0.15, -0.1) is 5.10 Å². The maximum Gasteiger partial charge on any atom is 0.150 e. The van der Waals surface area contributed by atoms with Gasteiger partial charge in [-0.3, -0.25) is 0 Å². The molecule has 0 aliphatic heterocycles. The normalized spacial score (nSPS) is 10.5. The zero-order chi connectivity index (χ0) is 12.5. The van der Waals surface area contributed by atoms with Crippen LogP contribution in [-0.2, 0) is 6.54 Å². The van der Waals surface area contributed by atoms with Crippen LogP contribution < -0.4 is 10.2 Å². The van der Waals surface area contributed by atoms with Crippen LogP contribution >= 0.6 is 0 Å². The van der Waals surface area contributed by atoms with Crippen molar-refractivity contribution in [3.8, 4) is 0 Å². The molecule has 0 bridgehead atoms. The largest absolute Gasteiger partial charge is 0.358 e. The van der Waals surface area contributed by atoms with Crippen molar-refractivity contribution in [2.24, 2.45) is 0 Å². The summed E-state index contributed by atoms with van der Waals surface area (Å²) in [4.78, 5) is 2.17. The minimum Gasteiger partial charge on any atom is -0.358 e.